The monoisotopic (exact) mass is 286 g/mol. The van der Waals surface area contributed by atoms with Gasteiger partial charge in [0.05, 0.1) is 5.56 Å². The average Bonchev–Trinajstić information content (AvgIpc) is 2.75. The van der Waals surface area contributed by atoms with Crippen molar-refractivity contribution in [2.24, 2.45) is 0 Å². The summed E-state index contributed by atoms with van der Waals surface area (Å²) in [6.07, 6.45) is -4.28. The van der Waals surface area contributed by atoms with Crippen LogP contribution in [0.15, 0.2) is 18.2 Å². The summed E-state index contributed by atoms with van der Waals surface area (Å²) in [4.78, 5) is 2.17. The lowest BCUT2D eigenvalue weighted by Gasteiger charge is -2.25. The van der Waals surface area contributed by atoms with Gasteiger partial charge in [0.2, 0.25) is 0 Å². The van der Waals surface area contributed by atoms with Crippen LogP contribution in [0.1, 0.15) is 37.8 Å². The zero-order chi connectivity index (χ0) is 15.1. The van der Waals surface area contributed by atoms with Gasteiger partial charge in [-0.3, -0.25) is 0 Å². The first-order chi connectivity index (χ1) is 9.25. The highest BCUT2D eigenvalue weighted by Crippen LogP contribution is 2.42. The quantitative estimate of drug-likeness (QED) is 0.913. The van der Waals surface area contributed by atoms with Gasteiger partial charge in [0, 0.05) is 30.2 Å². The third kappa shape index (κ3) is 2.64. The summed E-state index contributed by atoms with van der Waals surface area (Å²) < 4.78 is 38.7. The molecule has 0 radical (unpaired) electrons. The number of anilines is 1. The lowest BCUT2D eigenvalue weighted by Crippen LogP contribution is -2.35. The molecule has 0 saturated heterocycles. The van der Waals surface area contributed by atoms with Crippen LogP contribution in [-0.4, -0.2) is 25.7 Å². The van der Waals surface area contributed by atoms with Crippen molar-refractivity contribution in [2.45, 2.75) is 44.9 Å². The molecule has 0 bridgehead atoms. The van der Waals surface area contributed by atoms with Crippen molar-refractivity contribution < 1.29 is 13.2 Å². The van der Waals surface area contributed by atoms with Gasteiger partial charge in [0.1, 0.15) is 0 Å². The van der Waals surface area contributed by atoms with Crippen LogP contribution in [0.3, 0.4) is 0 Å². The molecule has 1 aliphatic rings. The standard InChI is InChI=1S/C15H21F3N2/c1-9(2)20-8-13(10(3)19-4)12-7-11(15(16,17)18)5-6-14(12)20/h5-7,9-10,13,19H,8H2,1-4H3. The Bertz CT molecular complexity index is 482. The van der Waals surface area contributed by atoms with Crippen molar-refractivity contribution in [3.05, 3.63) is 29.3 Å². The number of nitrogens with one attached hydrogen (secondary N) is 1. The highest BCUT2D eigenvalue weighted by Gasteiger charge is 2.37. The zero-order valence-electron chi connectivity index (χ0n) is 12.3. The number of nitrogens with zero attached hydrogens (tertiary/aromatic N) is 1. The minimum Gasteiger partial charge on any atom is -0.368 e. The van der Waals surface area contributed by atoms with E-state index < -0.39 is 11.7 Å². The first kappa shape index (κ1) is 15.2. The predicted octanol–water partition coefficient (Wildman–Crippen LogP) is 3.63. The van der Waals surface area contributed by atoms with E-state index in [0.717, 1.165) is 17.8 Å². The summed E-state index contributed by atoms with van der Waals surface area (Å²) in [6, 6.07) is 4.53. The minimum absolute atomic E-state index is 0.0831. The lowest BCUT2D eigenvalue weighted by molar-refractivity contribution is -0.137. The van der Waals surface area contributed by atoms with Gasteiger partial charge in [-0.05, 0) is 51.6 Å². The first-order valence-electron chi connectivity index (χ1n) is 6.90. The molecule has 20 heavy (non-hydrogen) atoms. The molecule has 1 aromatic rings. The molecule has 2 nitrogen and oxygen atoms in total. The van der Waals surface area contributed by atoms with Crippen LogP contribution in [0.4, 0.5) is 18.9 Å². The maximum absolute atomic E-state index is 12.9. The molecule has 0 amide bonds. The normalized spacial score (nSPS) is 20.4. The van der Waals surface area contributed by atoms with E-state index in [2.05, 4.69) is 24.1 Å². The highest BCUT2D eigenvalue weighted by atomic mass is 19.4. The molecular weight excluding hydrogens is 265 g/mol. The summed E-state index contributed by atoms with van der Waals surface area (Å²) in [7, 11) is 1.84. The summed E-state index contributed by atoms with van der Waals surface area (Å²) in [5, 5.41) is 3.16. The fourth-order valence-corrected chi connectivity index (χ4v) is 2.82. The predicted molar refractivity (Wildman–Crippen MR) is 75.2 cm³/mol. The van der Waals surface area contributed by atoms with E-state index in [1.165, 1.54) is 12.1 Å². The number of hydrogen-bond donors (Lipinski definition) is 1. The van der Waals surface area contributed by atoms with Gasteiger partial charge in [-0.1, -0.05) is 0 Å². The van der Waals surface area contributed by atoms with Crippen LogP contribution >= 0.6 is 0 Å². The van der Waals surface area contributed by atoms with Crippen molar-refractivity contribution >= 4 is 5.69 Å². The van der Waals surface area contributed by atoms with Crippen molar-refractivity contribution in [1.82, 2.24) is 5.32 Å². The second kappa shape index (κ2) is 5.28. The molecule has 1 aromatic carbocycles. The third-order valence-corrected chi connectivity index (χ3v) is 4.14. The molecule has 1 heterocycles. The SMILES string of the molecule is CNC(C)C1CN(C(C)C)c2ccc(C(F)(F)F)cc21. The molecule has 1 aliphatic heterocycles. The molecular formula is C15H21F3N2. The maximum Gasteiger partial charge on any atom is 0.416 e. The van der Waals surface area contributed by atoms with Gasteiger partial charge >= 0.3 is 6.18 Å². The Labute approximate surface area is 118 Å². The molecule has 0 aromatic heterocycles. The Balaban J connectivity index is 2.47. The van der Waals surface area contributed by atoms with Crippen LogP contribution in [-0.2, 0) is 6.18 Å². The minimum atomic E-state index is -4.28. The summed E-state index contributed by atoms with van der Waals surface area (Å²) in [5.74, 6) is 0.0831. The summed E-state index contributed by atoms with van der Waals surface area (Å²) >= 11 is 0. The molecule has 2 rings (SSSR count). The number of likely N-dealkylation sites (N-methyl/N-ethyl adjacent to an activating group) is 1. The van der Waals surface area contributed by atoms with Crippen LogP contribution in [0.25, 0.3) is 0 Å². The lowest BCUT2D eigenvalue weighted by atomic mass is 9.93. The van der Waals surface area contributed by atoms with Gasteiger partial charge in [0.25, 0.3) is 0 Å². The van der Waals surface area contributed by atoms with Crippen molar-refractivity contribution in [2.75, 3.05) is 18.5 Å². The van der Waals surface area contributed by atoms with Gasteiger partial charge in [0.15, 0.2) is 0 Å². The van der Waals surface area contributed by atoms with E-state index in [4.69, 9.17) is 0 Å². The van der Waals surface area contributed by atoms with Gasteiger partial charge in [-0.15, -0.1) is 0 Å². The van der Waals surface area contributed by atoms with Crippen molar-refractivity contribution in [3.8, 4) is 0 Å². The number of rotatable bonds is 3. The Morgan fingerprint density at radius 1 is 1.25 bits per heavy atom. The Morgan fingerprint density at radius 2 is 1.90 bits per heavy atom. The van der Waals surface area contributed by atoms with Crippen LogP contribution in [0.5, 0.6) is 0 Å². The summed E-state index contributed by atoms with van der Waals surface area (Å²) in [6.45, 7) is 6.90. The Morgan fingerprint density at radius 3 is 2.40 bits per heavy atom. The van der Waals surface area contributed by atoms with Gasteiger partial charge in [-0.25, -0.2) is 0 Å². The molecule has 0 fully saturated rings. The zero-order valence-corrected chi connectivity index (χ0v) is 12.3. The van der Waals surface area contributed by atoms with Crippen molar-refractivity contribution in [1.29, 1.82) is 0 Å². The van der Waals surface area contributed by atoms with Crippen molar-refractivity contribution in [3.63, 3.8) is 0 Å². The smallest absolute Gasteiger partial charge is 0.368 e. The molecule has 0 aliphatic carbocycles. The van der Waals surface area contributed by atoms with E-state index >= 15 is 0 Å². The van der Waals surface area contributed by atoms with Crippen LogP contribution in [0.2, 0.25) is 0 Å². The number of fused-ring (bicyclic) bond motifs is 1. The second-order valence-electron chi connectivity index (χ2n) is 5.70. The van der Waals surface area contributed by atoms with E-state index in [1.54, 1.807) is 6.07 Å². The molecule has 5 heteroatoms. The molecule has 2 unspecified atom stereocenters. The highest BCUT2D eigenvalue weighted by molar-refractivity contribution is 5.62. The maximum atomic E-state index is 12.9. The summed E-state index contributed by atoms with van der Waals surface area (Å²) in [5.41, 5.74) is 1.17. The molecule has 0 saturated carbocycles. The van der Waals surface area contributed by atoms with Crippen LogP contribution < -0.4 is 10.2 Å². The number of benzene rings is 1. The molecule has 0 spiro atoms. The number of alkyl halides is 3. The Hall–Kier alpha value is -1.23. The molecule has 112 valence electrons. The van der Waals surface area contributed by atoms with Gasteiger partial charge < -0.3 is 10.2 Å². The van der Waals surface area contributed by atoms with Gasteiger partial charge in [-0.2, -0.15) is 13.2 Å². The molecule has 1 N–H and O–H groups in total. The average molecular weight is 286 g/mol. The Kier molecular flexibility index (Phi) is 4.00. The fourth-order valence-electron chi connectivity index (χ4n) is 2.82. The second-order valence-corrected chi connectivity index (χ2v) is 5.70. The van der Waals surface area contributed by atoms with E-state index in [9.17, 15) is 13.2 Å². The van der Waals surface area contributed by atoms with E-state index in [1.807, 2.05) is 14.0 Å². The molecule has 2 atom stereocenters. The number of hydrogen-bond acceptors (Lipinski definition) is 2. The van der Waals surface area contributed by atoms with E-state index in [-0.39, 0.29) is 18.0 Å². The third-order valence-electron chi connectivity index (χ3n) is 4.14. The number of halogens is 3. The fraction of sp³-hybridized carbons (Fsp3) is 0.600. The largest absolute Gasteiger partial charge is 0.416 e. The van der Waals surface area contributed by atoms with E-state index in [0.29, 0.717) is 0 Å². The first-order valence-corrected chi connectivity index (χ1v) is 6.90. The topological polar surface area (TPSA) is 15.3 Å². The van der Waals surface area contributed by atoms with Crippen LogP contribution in [0, 0.1) is 0 Å².